The van der Waals surface area contributed by atoms with Gasteiger partial charge in [-0.3, -0.25) is 9.69 Å². The van der Waals surface area contributed by atoms with Crippen LogP contribution in [-0.2, 0) is 11.8 Å². The molecule has 1 aliphatic rings. The summed E-state index contributed by atoms with van der Waals surface area (Å²) in [5.41, 5.74) is 1.76. The Morgan fingerprint density at radius 1 is 1.29 bits per heavy atom. The third-order valence-corrected chi connectivity index (χ3v) is 4.59. The quantitative estimate of drug-likeness (QED) is 0.904. The van der Waals surface area contributed by atoms with Crippen LogP contribution in [0.15, 0.2) is 42.6 Å². The Labute approximate surface area is 147 Å². The number of carbonyl (C=O) groups is 1. The molecule has 1 saturated heterocycles. The largest absolute Gasteiger partial charge is 0.379 e. The van der Waals surface area contributed by atoms with Crippen LogP contribution in [0.25, 0.3) is 0 Å². The van der Waals surface area contributed by atoms with E-state index < -0.39 is 0 Å². The fourth-order valence-electron chi connectivity index (χ4n) is 3.05. The number of morpholine rings is 1. The summed E-state index contributed by atoms with van der Waals surface area (Å²) in [6, 6.07) is 11.3. The Balaban J connectivity index is 1.72. The molecule has 0 aliphatic carbocycles. The molecule has 1 atom stereocenters. The van der Waals surface area contributed by atoms with E-state index in [2.05, 4.69) is 20.9 Å². The molecule has 0 bridgehead atoms. The third kappa shape index (κ3) is 3.98. The average Bonchev–Trinajstić information content (AvgIpc) is 3.02. The average molecular weight is 348 g/mol. The number of nitrogens with zero attached hydrogens (tertiary/aromatic N) is 2. The van der Waals surface area contributed by atoms with Gasteiger partial charge in [0.25, 0.3) is 5.91 Å². The first kappa shape index (κ1) is 17.0. The molecule has 1 amide bonds. The second kappa shape index (κ2) is 7.83. The lowest BCUT2D eigenvalue weighted by molar-refractivity contribution is 0.0148. The topological polar surface area (TPSA) is 46.5 Å². The van der Waals surface area contributed by atoms with Crippen LogP contribution in [0, 0.1) is 0 Å². The van der Waals surface area contributed by atoms with Crippen molar-refractivity contribution in [3.05, 3.63) is 58.9 Å². The molecule has 3 rings (SSSR count). The third-order valence-electron chi connectivity index (χ3n) is 4.35. The monoisotopic (exact) mass is 347 g/mol. The van der Waals surface area contributed by atoms with Crippen molar-refractivity contribution in [2.75, 3.05) is 32.8 Å². The number of halogens is 1. The molecular formula is C18H22ClN3O2. The van der Waals surface area contributed by atoms with E-state index in [0.717, 1.165) is 26.3 Å². The maximum atomic E-state index is 12.4. The lowest BCUT2D eigenvalue weighted by atomic mass is 10.1. The molecule has 1 unspecified atom stereocenters. The Bertz CT molecular complexity index is 695. The maximum absolute atomic E-state index is 12.4. The summed E-state index contributed by atoms with van der Waals surface area (Å²) in [6.45, 7) is 3.72. The van der Waals surface area contributed by atoms with Gasteiger partial charge in [-0.15, -0.1) is 0 Å². The first-order valence-electron chi connectivity index (χ1n) is 8.12. The van der Waals surface area contributed by atoms with Gasteiger partial charge in [-0.05, 0) is 30.3 Å². The number of aryl methyl sites for hydroxylation is 1. The second-order valence-corrected chi connectivity index (χ2v) is 6.36. The van der Waals surface area contributed by atoms with Crippen LogP contribution in [0.3, 0.4) is 0 Å². The van der Waals surface area contributed by atoms with Gasteiger partial charge < -0.3 is 14.6 Å². The summed E-state index contributed by atoms with van der Waals surface area (Å²) in [7, 11) is 2.03. The normalized spacial score (nSPS) is 16.8. The van der Waals surface area contributed by atoms with Crippen molar-refractivity contribution in [2.24, 2.45) is 7.05 Å². The highest BCUT2D eigenvalue weighted by molar-refractivity contribution is 6.30. The minimum atomic E-state index is -0.107. The van der Waals surface area contributed by atoms with E-state index in [0.29, 0.717) is 17.1 Å². The molecule has 0 saturated carbocycles. The van der Waals surface area contributed by atoms with Crippen LogP contribution in [0.2, 0.25) is 5.02 Å². The van der Waals surface area contributed by atoms with Crippen LogP contribution in [-0.4, -0.2) is 48.2 Å². The van der Waals surface area contributed by atoms with Crippen molar-refractivity contribution in [2.45, 2.75) is 6.04 Å². The Hall–Kier alpha value is -1.82. The number of rotatable bonds is 5. The van der Waals surface area contributed by atoms with Crippen molar-refractivity contribution in [3.63, 3.8) is 0 Å². The number of ether oxygens (including phenoxy) is 1. The van der Waals surface area contributed by atoms with E-state index >= 15 is 0 Å². The Morgan fingerprint density at radius 2 is 2.08 bits per heavy atom. The van der Waals surface area contributed by atoms with Gasteiger partial charge >= 0.3 is 0 Å². The number of aromatic nitrogens is 1. The van der Waals surface area contributed by atoms with Gasteiger partial charge in [0.05, 0.1) is 19.3 Å². The highest BCUT2D eigenvalue weighted by atomic mass is 35.5. The number of hydrogen-bond acceptors (Lipinski definition) is 3. The highest BCUT2D eigenvalue weighted by Crippen LogP contribution is 2.21. The molecule has 5 nitrogen and oxygen atoms in total. The second-order valence-electron chi connectivity index (χ2n) is 5.93. The molecule has 2 heterocycles. The van der Waals surface area contributed by atoms with Crippen LogP contribution >= 0.6 is 11.6 Å². The molecule has 1 aliphatic heterocycles. The van der Waals surface area contributed by atoms with Gasteiger partial charge in [0, 0.05) is 49.2 Å². The zero-order chi connectivity index (χ0) is 16.9. The summed E-state index contributed by atoms with van der Waals surface area (Å²) in [5, 5.41) is 3.61. The number of amides is 1. The zero-order valence-corrected chi connectivity index (χ0v) is 14.5. The van der Waals surface area contributed by atoms with Gasteiger partial charge in [-0.2, -0.15) is 0 Å². The molecule has 6 heteroatoms. The molecule has 1 fully saturated rings. The summed E-state index contributed by atoms with van der Waals surface area (Å²) in [6.07, 6.45) is 2.03. The molecule has 1 aromatic carbocycles. The lowest BCUT2D eigenvalue weighted by Crippen LogP contribution is -2.44. The van der Waals surface area contributed by atoms with E-state index in [1.807, 2.05) is 19.3 Å². The van der Waals surface area contributed by atoms with Crippen molar-refractivity contribution in [1.29, 1.82) is 0 Å². The van der Waals surface area contributed by atoms with E-state index in [-0.39, 0.29) is 11.9 Å². The molecule has 1 aromatic heterocycles. The van der Waals surface area contributed by atoms with Crippen molar-refractivity contribution in [3.8, 4) is 0 Å². The first-order valence-corrected chi connectivity index (χ1v) is 8.50. The minimum absolute atomic E-state index is 0.107. The van der Waals surface area contributed by atoms with Gasteiger partial charge in [-0.1, -0.05) is 17.7 Å². The molecule has 2 aromatic rings. The maximum Gasteiger partial charge on any atom is 0.251 e. The van der Waals surface area contributed by atoms with Crippen LogP contribution in [0.4, 0.5) is 0 Å². The molecule has 0 spiro atoms. The molecule has 128 valence electrons. The van der Waals surface area contributed by atoms with Crippen molar-refractivity contribution < 1.29 is 9.53 Å². The SMILES string of the molecule is Cn1cccc1C(CNC(=O)c1cccc(Cl)c1)N1CCOCC1. The van der Waals surface area contributed by atoms with Gasteiger partial charge in [-0.25, -0.2) is 0 Å². The molecule has 0 radical (unpaired) electrons. The Kier molecular flexibility index (Phi) is 5.56. The summed E-state index contributed by atoms with van der Waals surface area (Å²) in [5.74, 6) is -0.107. The zero-order valence-electron chi connectivity index (χ0n) is 13.7. The minimum Gasteiger partial charge on any atom is -0.379 e. The first-order chi connectivity index (χ1) is 11.6. The number of hydrogen-bond donors (Lipinski definition) is 1. The summed E-state index contributed by atoms with van der Waals surface area (Å²) in [4.78, 5) is 14.8. The number of nitrogens with one attached hydrogen (secondary N) is 1. The highest BCUT2D eigenvalue weighted by Gasteiger charge is 2.25. The predicted octanol–water partition coefficient (Wildman–Crippen LogP) is 2.48. The molecule has 1 N–H and O–H groups in total. The van der Waals surface area contributed by atoms with Crippen LogP contribution < -0.4 is 5.32 Å². The van der Waals surface area contributed by atoms with Gasteiger partial charge in [0.15, 0.2) is 0 Å². The van der Waals surface area contributed by atoms with Crippen LogP contribution in [0.1, 0.15) is 22.1 Å². The molecule has 24 heavy (non-hydrogen) atoms. The number of carbonyl (C=O) groups excluding carboxylic acids is 1. The molecular weight excluding hydrogens is 326 g/mol. The predicted molar refractivity (Wildman–Crippen MR) is 94.3 cm³/mol. The van der Waals surface area contributed by atoms with Crippen molar-refractivity contribution >= 4 is 17.5 Å². The van der Waals surface area contributed by atoms with Gasteiger partial charge in [0.2, 0.25) is 0 Å². The van der Waals surface area contributed by atoms with E-state index in [1.54, 1.807) is 24.3 Å². The standard InChI is InChI=1S/C18H22ClN3O2/c1-21-7-3-6-16(21)17(22-8-10-24-11-9-22)13-20-18(23)14-4-2-5-15(19)12-14/h2-7,12,17H,8-11,13H2,1H3,(H,20,23). The van der Waals surface area contributed by atoms with E-state index in [9.17, 15) is 4.79 Å². The fraction of sp³-hybridized carbons (Fsp3) is 0.389. The summed E-state index contributed by atoms with van der Waals surface area (Å²) >= 11 is 5.97. The van der Waals surface area contributed by atoms with E-state index in [4.69, 9.17) is 16.3 Å². The van der Waals surface area contributed by atoms with Gasteiger partial charge in [0.1, 0.15) is 0 Å². The smallest absolute Gasteiger partial charge is 0.251 e. The fourth-order valence-corrected chi connectivity index (χ4v) is 3.24. The summed E-state index contributed by atoms with van der Waals surface area (Å²) < 4.78 is 7.56. The van der Waals surface area contributed by atoms with Crippen molar-refractivity contribution in [1.82, 2.24) is 14.8 Å². The Morgan fingerprint density at radius 3 is 2.75 bits per heavy atom. The number of benzene rings is 1. The van der Waals surface area contributed by atoms with Crippen LogP contribution in [0.5, 0.6) is 0 Å². The van der Waals surface area contributed by atoms with E-state index in [1.165, 1.54) is 5.69 Å². The lowest BCUT2D eigenvalue weighted by Gasteiger charge is -2.35.